The van der Waals surface area contributed by atoms with Crippen molar-refractivity contribution in [1.29, 1.82) is 0 Å². The van der Waals surface area contributed by atoms with Crippen LogP contribution in [0.15, 0.2) is 12.1 Å². The van der Waals surface area contributed by atoms with E-state index in [1.807, 2.05) is 0 Å². The highest BCUT2D eigenvalue weighted by Crippen LogP contribution is 2.40. The largest absolute Gasteiger partial charge is 0.373 e. The average molecular weight is 296 g/mol. The van der Waals surface area contributed by atoms with Crippen LogP contribution in [0.4, 0.5) is 0 Å². The molecule has 2 atom stereocenters. The van der Waals surface area contributed by atoms with Crippen LogP contribution in [-0.2, 0) is 4.74 Å². The second-order valence-corrected chi connectivity index (χ2v) is 6.52. The first kappa shape index (κ1) is 15.8. The quantitative estimate of drug-likeness (QED) is 0.859. The minimum Gasteiger partial charge on any atom is -0.373 e. The summed E-state index contributed by atoms with van der Waals surface area (Å²) in [7, 11) is 0. The molecular formula is C17H26ClNO. The Labute approximate surface area is 127 Å². The summed E-state index contributed by atoms with van der Waals surface area (Å²) in [5, 5.41) is 4.49. The van der Waals surface area contributed by atoms with Crippen molar-refractivity contribution in [2.24, 2.45) is 0 Å². The zero-order valence-corrected chi connectivity index (χ0v) is 13.8. The van der Waals surface area contributed by atoms with Crippen LogP contribution in [0.25, 0.3) is 0 Å². The molecule has 20 heavy (non-hydrogen) atoms. The van der Waals surface area contributed by atoms with Crippen molar-refractivity contribution in [3.63, 3.8) is 0 Å². The Balaban J connectivity index is 2.38. The van der Waals surface area contributed by atoms with Gasteiger partial charge in [-0.05, 0) is 69.3 Å². The molecule has 0 aromatic heterocycles. The third-order valence-electron chi connectivity index (χ3n) is 4.38. The van der Waals surface area contributed by atoms with Crippen LogP contribution in [-0.4, -0.2) is 18.8 Å². The highest BCUT2D eigenvalue weighted by Gasteiger charge is 2.39. The summed E-state index contributed by atoms with van der Waals surface area (Å²) in [4.78, 5) is 0. The minimum absolute atomic E-state index is 0.152. The molecule has 0 saturated carbocycles. The third kappa shape index (κ3) is 3.19. The highest BCUT2D eigenvalue weighted by atomic mass is 35.5. The number of halogens is 1. The summed E-state index contributed by atoms with van der Waals surface area (Å²) in [5.74, 6) is 0. The molecule has 2 nitrogen and oxygen atoms in total. The van der Waals surface area contributed by atoms with Gasteiger partial charge in [-0.3, -0.25) is 0 Å². The summed E-state index contributed by atoms with van der Waals surface area (Å²) in [6.07, 6.45) is 3.32. The summed E-state index contributed by atoms with van der Waals surface area (Å²) < 4.78 is 6.06. The maximum Gasteiger partial charge on any atom is 0.0849 e. The van der Waals surface area contributed by atoms with Crippen molar-refractivity contribution in [3.8, 4) is 0 Å². The predicted octanol–water partition coefficient (Wildman–Crippen LogP) is 4.57. The van der Waals surface area contributed by atoms with Gasteiger partial charge >= 0.3 is 0 Å². The Bertz CT molecular complexity index is 466. The second-order valence-electron chi connectivity index (χ2n) is 6.11. The van der Waals surface area contributed by atoms with E-state index in [0.717, 1.165) is 37.4 Å². The monoisotopic (exact) mass is 295 g/mol. The van der Waals surface area contributed by atoms with E-state index in [1.54, 1.807) is 0 Å². The van der Waals surface area contributed by atoms with Gasteiger partial charge in [0.25, 0.3) is 0 Å². The Morgan fingerprint density at radius 2 is 2.05 bits per heavy atom. The molecule has 3 heteroatoms. The van der Waals surface area contributed by atoms with Crippen molar-refractivity contribution in [3.05, 3.63) is 33.8 Å². The Hall–Kier alpha value is -0.570. The first-order chi connectivity index (χ1) is 9.48. The van der Waals surface area contributed by atoms with E-state index >= 15 is 0 Å². The number of ether oxygens (including phenoxy) is 1. The van der Waals surface area contributed by atoms with E-state index in [2.05, 4.69) is 45.1 Å². The molecule has 0 aliphatic carbocycles. The molecule has 1 aliphatic rings. The predicted molar refractivity (Wildman–Crippen MR) is 85.6 cm³/mol. The molecule has 1 aromatic rings. The lowest BCUT2D eigenvalue weighted by atomic mass is 9.86. The fourth-order valence-corrected chi connectivity index (χ4v) is 3.32. The summed E-state index contributed by atoms with van der Waals surface area (Å²) in [6, 6.07) is 4.46. The average Bonchev–Trinajstić information content (AvgIpc) is 2.83. The zero-order chi connectivity index (χ0) is 14.8. The van der Waals surface area contributed by atoms with E-state index < -0.39 is 0 Å². The Morgan fingerprint density at radius 3 is 2.65 bits per heavy atom. The van der Waals surface area contributed by atoms with Crippen molar-refractivity contribution < 1.29 is 4.74 Å². The molecule has 0 amide bonds. The number of rotatable bonds is 5. The van der Waals surface area contributed by atoms with Crippen LogP contribution in [0.1, 0.15) is 55.8 Å². The van der Waals surface area contributed by atoms with Crippen LogP contribution in [0, 0.1) is 13.8 Å². The summed E-state index contributed by atoms with van der Waals surface area (Å²) in [5.41, 5.74) is 3.55. The maximum absolute atomic E-state index is 6.52. The maximum atomic E-state index is 6.52. The zero-order valence-electron chi connectivity index (χ0n) is 13.1. The highest BCUT2D eigenvalue weighted by molar-refractivity contribution is 6.31. The van der Waals surface area contributed by atoms with Gasteiger partial charge in [0.1, 0.15) is 0 Å². The standard InChI is InChI=1S/C17H26ClNO/c1-5-8-19-16(17(4)7-6-9-20-17)14-10-12(2)13(3)11-15(14)18/h10-11,16,19H,5-9H2,1-4H3. The lowest BCUT2D eigenvalue weighted by Gasteiger charge is -2.35. The number of benzene rings is 1. The molecule has 1 N–H and O–H groups in total. The SMILES string of the molecule is CCCNC(c1cc(C)c(C)cc1Cl)C1(C)CCCO1. The molecule has 2 unspecified atom stereocenters. The van der Waals surface area contributed by atoms with Gasteiger partial charge in [-0.15, -0.1) is 0 Å². The first-order valence-corrected chi connectivity index (χ1v) is 7.99. The third-order valence-corrected chi connectivity index (χ3v) is 4.71. The molecule has 1 fully saturated rings. The number of aryl methyl sites for hydroxylation is 2. The minimum atomic E-state index is -0.152. The lowest BCUT2D eigenvalue weighted by molar-refractivity contribution is -0.0124. The van der Waals surface area contributed by atoms with Gasteiger partial charge in [0.15, 0.2) is 0 Å². The van der Waals surface area contributed by atoms with Crippen LogP contribution >= 0.6 is 11.6 Å². The van der Waals surface area contributed by atoms with Crippen LogP contribution in [0.5, 0.6) is 0 Å². The van der Waals surface area contributed by atoms with Gasteiger partial charge in [-0.2, -0.15) is 0 Å². The molecule has 112 valence electrons. The van der Waals surface area contributed by atoms with Gasteiger partial charge in [0.2, 0.25) is 0 Å². The summed E-state index contributed by atoms with van der Waals surface area (Å²) >= 11 is 6.52. The fraction of sp³-hybridized carbons (Fsp3) is 0.647. The lowest BCUT2D eigenvalue weighted by Crippen LogP contribution is -2.41. The molecule has 0 bridgehead atoms. The van der Waals surface area contributed by atoms with Gasteiger partial charge < -0.3 is 10.1 Å². The molecule has 0 radical (unpaired) electrons. The van der Waals surface area contributed by atoms with Crippen molar-refractivity contribution >= 4 is 11.6 Å². The normalized spacial score (nSPS) is 24.1. The van der Waals surface area contributed by atoms with Crippen LogP contribution in [0.2, 0.25) is 5.02 Å². The Kier molecular flexibility index (Phi) is 5.11. The molecule has 1 saturated heterocycles. The molecule has 1 heterocycles. The second kappa shape index (κ2) is 6.46. The number of hydrogen-bond donors (Lipinski definition) is 1. The fourth-order valence-electron chi connectivity index (χ4n) is 3.00. The Morgan fingerprint density at radius 1 is 1.35 bits per heavy atom. The summed E-state index contributed by atoms with van der Waals surface area (Å²) in [6.45, 7) is 10.5. The molecule has 1 aliphatic heterocycles. The van der Waals surface area contributed by atoms with Gasteiger partial charge in [-0.1, -0.05) is 24.6 Å². The topological polar surface area (TPSA) is 21.3 Å². The van der Waals surface area contributed by atoms with Gasteiger partial charge in [0.05, 0.1) is 11.6 Å². The smallest absolute Gasteiger partial charge is 0.0849 e. The number of nitrogens with one attached hydrogen (secondary N) is 1. The van der Waals surface area contributed by atoms with Crippen molar-refractivity contribution in [1.82, 2.24) is 5.32 Å². The molecule has 2 rings (SSSR count). The van der Waals surface area contributed by atoms with E-state index in [1.165, 1.54) is 16.7 Å². The van der Waals surface area contributed by atoms with E-state index in [-0.39, 0.29) is 11.6 Å². The van der Waals surface area contributed by atoms with E-state index in [0.29, 0.717) is 0 Å². The van der Waals surface area contributed by atoms with E-state index in [9.17, 15) is 0 Å². The van der Waals surface area contributed by atoms with E-state index in [4.69, 9.17) is 16.3 Å². The van der Waals surface area contributed by atoms with Gasteiger partial charge in [0, 0.05) is 11.6 Å². The molecular weight excluding hydrogens is 270 g/mol. The number of hydrogen-bond acceptors (Lipinski definition) is 2. The first-order valence-electron chi connectivity index (χ1n) is 7.62. The van der Waals surface area contributed by atoms with Gasteiger partial charge in [-0.25, -0.2) is 0 Å². The van der Waals surface area contributed by atoms with Crippen LogP contribution in [0.3, 0.4) is 0 Å². The van der Waals surface area contributed by atoms with Crippen molar-refractivity contribution in [2.45, 2.75) is 58.6 Å². The van der Waals surface area contributed by atoms with Crippen molar-refractivity contribution in [2.75, 3.05) is 13.2 Å². The van der Waals surface area contributed by atoms with Crippen LogP contribution < -0.4 is 5.32 Å². The molecule has 0 spiro atoms. The molecule has 1 aromatic carbocycles.